The number of ketones is 1. The first-order chi connectivity index (χ1) is 17.3. The smallest absolute Gasteiger partial charge is 0.295 e. The highest BCUT2D eigenvalue weighted by atomic mass is 16.5. The average Bonchev–Trinajstić information content (AvgIpc) is 3.11. The summed E-state index contributed by atoms with van der Waals surface area (Å²) in [6.07, 6.45) is 3.43. The molecule has 1 aliphatic heterocycles. The number of phenolic OH excluding ortho intramolecular Hbond substituents is 1. The maximum Gasteiger partial charge on any atom is 0.295 e. The number of nitrogens with zero attached hydrogens (tertiary/aromatic N) is 1. The molecule has 1 saturated heterocycles. The van der Waals surface area contributed by atoms with Crippen LogP contribution in [-0.2, 0) is 16.1 Å². The molecule has 186 valence electrons. The third-order valence-corrected chi connectivity index (χ3v) is 5.74. The maximum absolute atomic E-state index is 13.6. The lowest BCUT2D eigenvalue weighted by atomic mass is 9.94. The Labute approximate surface area is 209 Å². The molecule has 1 aliphatic rings. The molecule has 0 spiro atoms. The quantitative estimate of drug-likeness (QED) is 0.296. The molecule has 3 aromatic rings. The molecule has 1 atom stereocenters. The maximum atomic E-state index is 13.6. The van der Waals surface area contributed by atoms with Crippen LogP contribution in [0.4, 0.5) is 0 Å². The van der Waals surface area contributed by atoms with Crippen molar-refractivity contribution in [2.24, 2.45) is 0 Å². The molecular formula is C28H28N2O6. The topological polar surface area (TPSA) is 113 Å². The Morgan fingerprint density at radius 3 is 2.53 bits per heavy atom. The fraction of sp³-hybridized carbons (Fsp3) is 0.250. The normalized spacial score (nSPS) is 17.0. The second kappa shape index (κ2) is 10.5. The Bertz CT molecular complexity index is 1290. The number of hydrogen-bond acceptors (Lipinski definition) is 6. The fourth-order valence-corrected chi connectivity index (χ4v) is 4.19. The molecule has 0 saturated carbocycles. The Morgan fingerprint density at radius 2 is 1.89 bits per heavy atom. The number of aromatic hydroxyl groups is 1. The number of likely N-dealkylation sites (tertiary alicyclic amines) is 1. The lowest BCUT2D eigenvalue weighted by Crippen LogP contribution is -2.29. The summed E-state index contributed by atoms with van der Waals surface area (Å²) in [4.78, 5) is 30.8. The summed E-state index contributed by atoms with van der Waals surface area (Å²) in [6, 6.07) is 13.7. The number of H-pyrrole nitrogens is 1. The zero-order chi connectivity index (χ0) is 25.8. The number of nitrogens with one attached hydrogen (secondary N) is 1. The van der Waals surface area contributed by atoms with Gasteiger partial charge in [-0.05, 0) is 62.2 Å². The van der Waals surface area contributed by atoms with Gasteiger partial charge in [-0.3, -0.25) is 9.59 Å². The SMILES string of the molecule is CCOc1cc(C2C(=C([O-])c3ccc(OC(C)C)cc3)C(=O)C(=O)N2Cc2ccc[nH+]c2)ccc1O. The van der Waals surface area contributed by atoms with Crippen LogP contribution in [0.2, 0.25) is 0 Å². The molecular weight excluding hydrogens is 460 g/mol. The van der Waals surface area contributed by atoms with E-state index in [0.29, 0.717) is 17.9 Å². The van der Waals surface area contributed by atoms with Gasteiger partial charge in [0.1, 0.15) is 5.75 Å². The zero-order valence-electron chi connectivity index (χ0n) is 20.4. The van der Waals surface area contributed by atoms with Gasteiger partial charge in [-0.15, -0.1) is 0 Å². The van der Waals surface area contributed by atoms with Crippen molar-refractivity contribution < 1.29 is 34.3 Å². The minimum absolute atomic E-state index is 0.0304. The van der Waals surface area contributed by atoms with E-state index >= 15 is 0 Å². The lowest BCUT2D eigenvalue weighted by molar-refractivity contribution is -0.378. The first kappa shape index (κ1) is 24.8. The largest absolute Gasteiger partial charge is 0.872 e. The van der Waals surface area contributed by atoms with Gasteiger partial charge in [0.2, 0.25) is 5.78 Å². The summed E-state index contributed by atoms with van der Waals surface area (Å²) >= 11 is 0. The van der Waals surface area contributed by atoms with Crippen LogP contribution in [0.5, 0.6) is 17.2 Å². The van der Waals surface area contributed by atoms with E-state index in [1.807, 2.05) is 19.9 Å². The third-order valence-electron chi connectivity index (χ3n) is 5.74. The molecule has 4 rings (SSSR count). The number of carbonyl (C=O) groups excluding carboxylic acids is 2. The molecule has 0 aliphatic carbocycles. The van der Waals surface area contributed by atoms with Crippen LogP contribution in [-0.4, -0.2) is 34.4 Å². The predicted octanol–water partition coefficient (Wildman–Crippen LogP) is 2.82. The molecule has 2 aromatic carbocycles. The minimum Gasteiger partial charge on any atom is -0.872 e. The summed E-state index contributed by atoms with van der Waals surface area (Å²) in [6.45, 7) is 5.99. The van der Waals surface area contributed by atoms with E-state index in [4.69, 9.17) is 9.47 Å². The second-order valence-corrected chi connectivity index (χ2v) is 8.67. The zero-order valence-corrected chi connectivity index (χ0v) is 20.4. The van der Waals surface area contributed by atoms with Gasteiger partial charge in [0.15, 0.2) is 23.9 Å². The molecule has 1 unspecified atom stereocenters. The summed E-state index contributed by atoms with van der Waals surface area (Å²) in [5.74, 6) is -1.43. The van der Waals surface area contributed by atoms with E-state index in [1.165, 1.54) is 11.0 Å². The molecule has 1 amide bonds. The third kappa shape index (κ3) is 5.02. The number of amides is 1. The molecule has 0 radical (unpaired) electrons. The summed E-state index contributed by atoms with van der Waals surface area (Å²) < 4.78 is 11.2. The number of pyridine rings is 1. The standard InChI is InChI=1S/C28H28N2O6/c1-4-35-23-14-20(9-12-22(23)31)25-24(26(32)19-7-10-21(11-8-19)36-17(2)3)27(33)28(34)30(25)16-18-6-5-13-29-15-18/h5-15,17,25,31-32H,4,16H2,1-3H3. The molecule has 1 aromatic heterocycles. The summed E-state index contributed by atoms with van der Waals surface area (Å²) in [7, 11) is 0. The summed E-state index contributed by atoms with van der Waals surface area (Å²) in [5, 5.41) is 23.8. The molecule has 8 heteroatoms. The first-order valence-electron chi connectivity index (χ1n) is 11.7. The molecule has 36 heavy (non-hydrogen) atoms. The number of hydrogen-bond donors (Lipinski definition) is 1. The Morgan fingerprint density at radius 1 is 1.14 bits per heavy atom. The van der Waals surface area contributed by atoms with Crippen LogP contribution in [0.15, 0.2) is 72.6 Å². The highest BCUT2D eigenvalue weighted by Gasteiger charge is 2.44. The van der Waals surface area contributed by atoms with Gasteiger partial charge in [0.05, 0.1) is 25.3 Å². The van der Waals surface area contributed by atoms with Gasteiger partial charge < -0.3 is 24.6 Å². The number of phenols is 1. The lowest BCUT2D eigenvalue weighted by Gasteiger charge is -2.27. The van der Waals surface area contributed by atoms with Crippen molar-refractivity contribution in [3.63, 3.8) is 0 Å². The van der Waals surface area contributed by atoms with E-state index in [9.17, 15) is 19.8 Å². The van der Waals surface area contributed by atoms with Crippen LogP contribution in [0, 0.1) is 0 Å². The molecule has 1 fully saturated rings. The number of Topliss-reactive ketones (excluding diaryl/α,β-unsaturated/α-hetero) is 1. The van der Waals surface area contributed by atoms with Gasteiger partial charge in [-0.25, -0.2) is 4.98 Å². The van der Waals surface area contributed by atoms with Gasteiger partial charge >= 0.3 is 0 Å². The van der Waals surface area contributed by atoms with E-state index in [0.717, 1.165) is 5.56 Å². The van der Waals surface area contributed by atoms with Crippen molar-refractivity contribution in [2.75, 3.05) is 6.61 Å². The van der Waals surface area contributed by atoms with Crippen LogP contribution < -0.4 is 19.6 Å². The fourth-order valence-electron chi connectivity index (χ4n) is 4.19. The number of carbonyl (C=O) groups is 2. The van der Waals surface area contributed by atoms with Crippen LogP contribution in [0.1, 0.15) is 43.5 Å². The number of benzene rings is 2. The average molecular weight is 489 g/mol. The van der Waals surface area contributed by atoms with Crippen molar-refractivity contribution in [1.82, 2.24) is 4.90 Å². The minimum atomic E-state index is -0.955. The van der Waals surface area contributed by atoms with E-state index in [1.54, 1.807) is 61.8 Å². The number of aromatic nitrogens is 1. The van der Waals surface area contributed by atoms with Gasteiger partial charge in [0, 0.05) is 17.2 Å². The summed E-state index contributed by atoms with van der Waals surface area (Å²) in [5.41, 5.74) is 1.37. The van der Waals surface area contributed by atoms with Crippen molar-refractivity contribution in [2.45, 2.75) is 39.5 Å². The number of aromatic amines is 1. The van der Waals surface area contributed by atoms with Crippen molar-refractivity contribution in [1.29, 1.82) is 0 Å². The van der Waals surface area contributed by atoms with Crippen molar-refractivity contribution in [3.05, 3.63) is 89.3 Å². The molecule has 8 nitrogen and oxygen atoms in total. The van der Waals surface area contributed by atoms with Crippen molar-refractivity contribution in [3.8, 4) is 17.2 Å². The molecule has 2 heterocycles. The van der Waals surface area contributed by atoms with Gasteiger partial charge in [-0.1, -0.05) is 24.0 Å². The van der Waals surface area contributed by atoms with Crippen LogP contribution >= 0.6 is 0 Å². The van der Waals surface area contributed by atoms with Gasteiger partial charge in [0.25, 0.3) is 5.91 Å². The van der Waals surface area contributed by atoms with Crippen LogP contribution in [0.3, 0.4) is 0 Å². The van der Waals surface area contributed by atoms with Crippen LogP contribution in [0.25, 0.3) is 5.76 Å². The Hall–Kier alpha value is -4.33. The first-order valence-corrected chi connectivity index (χ1v) is 11.7. The number of ether oxygens (including phenoxy) is 2. The van der Waals surface area contributed by atoms with E-state index in [-0.39, 0.29) is 35.3 Å². The van der Waals surface area contributed by atoms with E-state index < -0.39 is 23.5 Å². The van der Waals surface area contributed by atoms with Crippen molar-refractivity contribution >= 4 is 17.4 Å². The molecule has 2 N–H and O–H groups in total. The predicted molar refractivity (Wildman–Crippen MR) is 130 cm³/mol. The highest BCUT2D eigenvalue weighted by Crippen LogP contribution is 2.42. The number of rotatable bonds is 8. The van der Waals surface area contributed by atoms with Gasteiger partial charge in [-0.2, -0.15) is 0 Å². The highest BCUT2D eigenvalue weighted by molar-refractivity contribution is 6.46. The Balaban J connectivity index is 1.83. The monoisotopic (exact) mass is 488 g/mol. The second-order valence-electron chi connectivity index (χ2n) is 8.67. The Kier molecular flexibility index (Phi) is 7.24. The van der Waals surface area contributed by atoms with E-state index in [2.05, 4.69) is 4.98 Å². The molecule has 0 bridgehead atoms.